The van der Waals surface area contributed by atoms with Crippen molar-refractivity contribution in [3.63, 3.8) is 0 Å². The number of aliphatic hydroxyl groups is 1. The zero-order valence-electron chi connectivity index (χ0n) is 21.6. The van der Waals surface area contributed by atoms with Gasteiger partial charge in [0.1, 0.15) is 6.04 Å². The first kappa shape index (κ1) is 27.5. The minimum atomic E-state index is -0.754. The van der Waals surface area contributed by atoms with Crippen molar-refractivity contribution in [2.24, 2.45) is 11.8 Å². The Morgan fingerprint density at radius 3 is 2.70 bits per heavy atom. The number of hydrogen-bond acceptors (Lipinski definition) is 6. The molecule has 3 aliphatic rings. The standard InChI is InChI=1S/C29H38N2O5S/c1-4-6-7-11-17-36-28(35)23-22-14-15-29(37-22)24(23)26(33)31(20(3)19-32)25(29)27(34)30(16-5-2)18-21-12-9-8-10-13-21/h4-5,8-10,12-13,20,22-25,32H,1-2,6-7,11,14-19H2,3H3/t20-,22+,23-,24+,25?,29?/m1/s1. The van der Waals surface area contributed by atoms with Crippen LogP contribution in [0.2, 0.25) is 0 Å². The second kappa shape index (κ2) is 11.9. The van der Waals surface area contributed by atoms with E-state index < -0.39 is 28.7 Å². The zero-order valence-corrected chi connectivity index (χ0v) is 22.4. The molecule has 3 heterocycles. The largest absolute Gasteiger partial charge is 0.465 e. The first-order valence-electron chi connectivity index (χ1n) is 13.2. The molecule has 4 rings (SSSR count). The maximum absolute atomic E-state index is 14.3. The summed E-state index contributed by atoms with van der Waals surface area (Å²) < 4.78 is 4.94. The summed E-state index contributed by atoms with van der Waals surface area (Å²) in [7, 11) is 0. The summed E-state index contributed by atoms with van der Waals surface area (Å²) >= 11 is 1.62. The van der Waals surface area contributed by atoms with Crippen LogP contribution < -0.4 is 0 Å². The van der Waals surface area contributed by atoms with Crippen LogP contribution in [-0.2, 0) is 25.7 Å². The molecular formula is C29H38N2O5S. The van der Waals surface area contributed by atoms with Crippen LogP contribution in [-0.4, -0.2) is 74.5 Å². The number of carbonyl (C=O) groups excluding carboxylic acids is 3. The van der Waals surface area contributed by atoms with Crippen LogP contribution in [0.3, 0.4) is 0 Å². The molecular weight excluding hydrogens is 488 g/mol. The number of likely N-dealkylation sites (tertiary alicyclic amines) is 1. The second-order valence-corrected chi connectivity index (χ2v) is 11.9. The van der Waals surface area contributed by atoms with E-state index >= 15 is 0 Å². The molecule has 3 aliphatic heterocycles. The molecule has 0 aliphatic carbocycles. The Bertz CT molecular complexity index is 1020. The normalized spacial score (nSPS) is 28.6. The van der Waals surface area contributed by atoms with Gasteiger partial charge in [0.25, 0.3) is 0 Å². The maximum atomic E-state index is 14.3. The molecule has 37 heavy (non-hydrogen) atoms. The molecule has 2 amide bonds. The lowest BCUT2D eigenvalue weighted by Crippen LogP contribution is -2.56. The molecule has 0 radical (unpaired) electrons. The zero-order chi connectivity index (χ0) is 26.6. The lowest BCUT2D eigenvalue weighted by atomic mass is 9.71. The molecule has 1 N–H and O–H groups in total. The summed E-state index contributed by atoms with van der Waals surface area (Å²) in [6, 6.07) is 8.43. The molecule has 1 aromatic carbocycles. The van der Waals surface area contributed by atoms with Crippen molar-refractivity contribution in [3.05, 3.63) is 61.2 Å². The number of amides is 2. The van der Waals surface area contributed by atoms with Crippen LogP contribution in [0, 0.1) is 11.8 Å². The summed E-state index contributed by atoms with van der Waals surface area (Å²) in [6.07, 6.45) is 7.48. The van der Waals surface area contributed by atoms with Gasteiger partial charge in [-0.2, -0.15) is 0 Å². The van der Waals surface area contributed by atoms with Crippen molar-refractivity contribution in [1.29, 1.82) is 0 Å². The molecule has 1 aromatic rings. The SMILES string of the molecule is C=CCCCCOC(=O)[C@@H]1[C@@H]2CCC3(S2)C(C(=O)N(CC=C)Cc2ccccc2)N([C@H](C)CO)C(=O)[C@H]13. The lowest BCUT2D eigenvalue weighted by molar-refractivity contribution is -0.154. The molecule has 3 saturated heterocycles. The highest BCUT2D eigenvalue weighted by Gasteiger charge is 2.74. The monoisotopic (exact) mass is 526 g/mol. The summed E-state index contributed by atoms with van der Waals surface area (Å²) in [5, 5.41) is 10.00. The minimum Gasteiger partial charge on any atom is -0.465 e. The second-order valence-electron chi connectivity index (χ2n) is 10.3. The van der Waals surface area contributed by atoms with Gasteiger partial charge in [0.2, 0.25) is 11.8 Å². The molecule has 200 valence electrons. The predicted octanol–water partition coefficient (Wildman–Crippen LogP) is 3.57. The molecule has 6 atom stereocenters. The van der Waals surface area contributed by atoms with E-state index in [1.807, 2.05) is 36.4 Å². The summed E-state index contributed by atoms with van der Waals surface area (Å²) in [4.78, 5) is 44.8. The lowest BCUT2D eigenvalue weighted by Gasteiger charge is -2.38. The van der Waals surface area contributed by atoms with Crippen molar-refractivity contribution in [2.75, 3.05) is 19.8 Å². The number of esters is 1. The number of ether oxygens (including phenoxy) is 1. The number of allylic oxidation sites excluding steroid dienone is 1. The van der Waals surface area contributed by atoms with E-state index in [1.54, 1.807) is 34.6 Å². The van der Waals surface area contributed by atoms with Crippen molar-refractivity contribution < 1.29 is 24.2 Å². The maximum Gasteiger partial charge on any atom is 0.310 e. The first-order chi connectivity index (χ1) is 17.9. The number of fused-ring (bicyclic) bond motifs is 1. The summed E-state index contributed by atoms with van der Waals surface area (Å²) in [5.74, 6) is -1.91. The average Bonchev–Trinajstić information content (AvgIpc) is 3.55. The smallest absolute Gasteiger partial charge is 0.310 e. The number of nitrogens with zero attached hydrogens (tertiary/aromatic N) is 2. The number of unbranched alkanes of at least 4 members (excludes halogenated alkanes) is 2. The van der Waals surface area contributed by atoms with Crippen LogP contribution in [0.4, 0.5) is 0 Å². The van der Waals surface area contributed by atoms with Gasteiger partial charge in [0.15, 0.2) is 0 Å². The van der Waals surface area contributed by atoms with E-state index in [9.17, 15) is 19.5 Å². The Balaban J connectivity index is 1.62. The molecule has 7 nitrogen and oxygen atoms in total. The van der Waals surface area contributed by atoms with Crippen LogP contribution in [0.25, 0.3) is 0 Å². The molecule has 3 fully saturated rings. The minimum absolute atomic E-state index is 0.0431. The van der Waals surface area contributed by atoms with Crippen LogP contribution in [0.5, 0.6) is 0 Å². The van der Waals surface area contributed by atoms with Gasteiger partial charge in [-0.25, -0.2) is 0 Å². The quantitative estimate of drug-likeness (QED) is 0.240. The van der Waals surface area contributed by atoms with Crippen molar-refractivity contribution in [3.8, 4) is 0 Å². The number of rotatable bonds is 13. The Kier molecular flexibility index (Phi) is 8.80. The van der Waals surface area contributed by atoms with Gasteiger partial charge < -0.3 is 19.6 Å². The van der Waals surface area contributed by atoms with E-state index in [0.717, 1.165) is 31.2 Å². The van der Waals surface area contributed by atoms with Gasteiger partial charge >= 0.3 is 5.97 Å². The Hall–Kier alpha value is -2.58. The number of hydrogen-bond donors (Lipinski definition) is 1. The highest BCUT2D eigenvalue weighted by atomic mass is 32.2. The third-order valence-corrected chi connectivity index (χ3v) is 9.86. The van der Waals surface area contributed by atoms with Crippen LogP contribution in [0.1, 0.15) is 44.6 Å². The Morgan fingerprint density at radius 2 is 2.03 bits per heavy atom. The molecule has 2 bridgehead atoms. The first-order valence-corrected chi connectivity index (χ1v) is 14.1. The van der Waals surface area contributed by atoms with Crippen LogP contribution in [0.15, 0.2) is 55.6 Å². The Labute approximate surface area is 223 Å². The van der Waals surface area contributed by atoms with Gasteiger partial charge in [-0.1, -0.05) is 42.5 Å². The van der Waals surface area contributed by atoms with Gasteiger partial charge in [-0.3, -0.25) is 14.4 Å². The molecule has 8 heteroatoms. The Morgan fingerprint density at radius 1 is 1.27 bits per heavy atom. The average molecular weight is 527 g/mol. The summed E-state index contributed by atoms with van der Waals surface area (Å²) in [5.41, 5.74) is 0.985. The van der Waals surface area contributed by atoms with E-state index in [-0.39, 0.29) is 29.6 Å². The van der Waals surface area contributed by atoms with Crippen molar-refractivity contribution in [1.82, 2.24) is 9.80 Å². The number of aliphatic hydroxyl groups excluding tert-OH is 1. The molecule has 1 spiro atoms. The fourth-order valence-corrected chi connectivity index (χ4v) is 8.41. The van der Waals surface area contributed by atoms with E-state index in [2.05, 4.69) is 13.2 Å². The number of thioether (sulfide) groups is 1. The van der Waals surface area contributed by atoms with E-state index in [4.69, 9.17) is 4.74 Å². The highest BCUT2D eigenvalue weighted by Crippen LogP contribution is 2.66. The van der Waals surface area contributed by atoms with Gasteiger partial charge in [-0.15, -0.1) is 24.9 Å². The summed E-state index contributed by atoms with van der Waals surface area (Å²) in [6.45, 7) is 10.1. The van der Waals surface area contributed by atoms with Gasteiger partial charge in [-0.05, 0) is 44.6 Å². The third kappa shape index (κ3) is 5.10. The fraction of sp³-hybridized carbons (Fsp3) is 0.552. The van der Waals surface area contributed by atoms with Crippen LogP contribution >= 0.6 is 11.8 Å². The molecule has 2 unspecified atom stereocenters. The predicted molar refractivity (Wildman–Crippen MR) is 145 cm³/mol. The van der Waals surface area contributed by atoms with Gasteiger partial charge in [0.05, 0.1) is 35.8 Å². The van der Waals surface area contributed by atoms with Crippen molar-refractivity contribution >= 4 is 29.5 Å². The fourth-order valence-electron chi connectivity index (χ4n) is 6.23. The topological polar surface area (TPSA) is 87.2 Å². The van der Waals surface area contributed by atoms with Crippen molar-refractivity contribution in [2.45, 2.75) is 67.7 Å². The van der Waals surface area contributed by atoms with E-state index in [0.29, 0.717) is 26.1 Å². The molecule has 0 aromatic heterocycles. The highest BCUT2D eigenvalue weighted by molar-refractivity contribution is 8.02. The number of carbonyl (C=O) groups is 3. The molecule has 0 saturated carbocycles. The third-order valence-electron chi connectivity index (χ3n) is 7.91. The number of benzene rings is 1. The van der Waals surface area contributed by atoms with E-state index in [1.165, 1.54) is 0 Å². The van der Waals surface area contributed by atoms with Gasteiger partial charge in [0, 0.05) is 18.3 Å².